The summed E-state index contributed by atoms with van der Waals surface area (Å²) in [5.41, 5.74) is 2.51. The van der Waals surface area contributed by atoms with Gasteiger partial charge in [-0.3, -0.25) is 14.3 Å². The number of benzene rings is 1. The molecule has 2 rings (SSSR count). The van der Waals surface area contributed by atoms with Crippen molar-refractivity contribution < 1.29 is 14.7 Å². The molecule has 0 aliphatic rings. The standard InChI is InChI=1S/C14H15N3O3/c1-10-4-2-3-5-11(10)6-13(18)16-12-7-15-17(8-12)9-14(19)20/h2-5,7-8H,6,9H2,1H3,(H,16,18)(H,19,20). The van der Waals surface area contributed by atoms with E-state index in [1.807, 2.05) is 31.2 Å². The number of carbonyl (C=O) groups excluding carboxylic acids is 1. The summed E-state index contributed by atoms with van der Waals surface area (Å²) in [5, 5.41) is 15.2. The van der Waals surface area contributed by atoms with Crippen molar-refractivity contribution in [1.29, 1.82) is 0 Å². The molecule has 0 spiro atoms. The van der Waals surface area contributed by atoms with Crippen LogP contribution in [-0.2, 0) is 22.6 Å². The van der Waals surface area contributed by atoms with Gasteiger partial charge in [0.05, 0.1) is 18.3 Å². The number of aliphatic carboxylic acids is 1. The molecule has 20 heavy (non-hydrogen) atoms. The lowest BCUT2D eigenvalue weighted by molar-refractivity contribution is -0.137. The first-order valence-electron chi connectivity index (χ1n) is 6.13. The summed E-state index contributed by atoms with van der Waals surface area (Å²) in [5.74, 6) is -1.14. The molecular weight excluding hydrogens is 258 g/mol. The van der Waals surface area contributed by atoms with E-state index in [4.69, 9.17) is 5.11 Å². The minimum absolute atomic E-state index is 0.158. The largest absolute Gasteiger partial charge is 0.480 e. The maximum Gasteiger partial charge on any atom is 0.325 e. The fraction of sp³-hybridized carbons (Fsp3) is 0.214. The van der Waals surface area contributed by atoms with Gasteiger partial charge in [-0.2, -0.15) is 5.10 Å². The van der Waals surface area contributed by atoms with Crippen molar-refractivity contribution in [3.63, 3.8) is 0 Å². The van der Waals surface area contributed by atoms with Crippen LogP contribution in [-0.4, -0.2) is 26.8 Å². The number of nitrogens with zero attached hydrogens (tertiary/aromatic N) is 2. The minimum atomic E-state index is -0.981. The molecule has 2 aromatic rings. The Morgan fingerprint density at radius 3 is 2.80 bits per heavy atom. The Balaban J connectivity index is 1.96. The van der Waals surface area contributed by atoms with Gasteiger partial charge >= 0.3 is 5.97 Å². The molecule has 6 nitrogen and oxygen atoms in total. The third-order valence-corrected chi connectivity index (χ3v) is 2.83. The van der Waals surface area contributed by atoms with Crippen LogP contribution in [0.4, 0.5) is 5.69 Å². The molecule has 1 heterocycles. The number of anilines is 1. The number of carboxylic acid groups (broad SMARTS) is 1. The van der Waals surface area contributed by atoms with E-state index in [2.05, 4.69) is 10.4 Å². The van der Waals surface area contributed by atoms with Gasteiger partial charge in [0.1, 0.15) is 6.54 Å². The molecule has 1 aromatic carbocycles. The second-order valence-corrected chi connectivity index (χ2v) is 4.47. The number of hydrogen-bond donors (Lipinski definition) is 2. The molecule has 6 heteroatoms. The Bertz CT molecular complexity index is 634. The van der Waals surface area contributed by atoms with Gasteiger partial charge in [-0.1, -0.05) is 24.3 Å². The molecule has 1 aromatic heterocycles. The zero-order valence-electron chi connectivity index (χ0n) is 11.0. The molecule has 104 valence electrons. The number of nitrogens with one attached hydrogen (secondary N) is 1. The Kier molecular flexibility index (Phi) is 4.14. The highest BCUT2D eigenvalue weighted by Crippen LogP contribution is 2.10. The van der Waals surface area contributed by atoms with E-state index in [1.165, 1.54) is 17.1 Å². The van der Waals surface area contributed by atoms with Gasteiger partial charge in [0.25, 0.3) is 0 Å². The van der Waals surface area contributed by atoms with E-state index in [0.29, 0.717) is 5.69 Å². The summed E-state index contributed by atoms with van der Waals surface area (Å²) in [4.78, 5) is 22.4. The number of rotatable bonds is 5. The molecule has 0 saturated carbocycles. The fourth-order valence-corrected chi connectivity index (χ4v) is 1.84. The van der Waals surface area contributed by atoms with E-state index < -0.39 is 5.97 Å². The van der Waals surface area contributed by atoms with Crippen molar-refractivity contribution in [3.8, 4) is 0 Å². The average Bonchev–Trinajstić information content (AvgIpc) is 2.78. The van der Waals surface area contributed by atoms with E-state index in [0.717, 1.165) is 11.1 Å². The number of aromatic nitrogens is 2. The maximum absolute atomic E-state index is 11.9. The van der Waals surface area contributed by atoms with Gasteiger partial charge in [-0.15, -0.1) is 0 Å². The average molecular weight is 273 g/mol. The number of hydrogen-bond acceptors (Lipinski definition) is 3. The lowest BCUT2D eigenvalue weighted by Gasteiger charge is -2.05. The highest BCUT2D eigenvalue weighted by Gasteiger charge is 2.08. The normalized spacial score (nSPS) is 10.2. The van der Waals surface area contributed by atoms with Crippen LogP contribution in [0.2, 0.25) is 0 Å². The Morgan fingerprint density at radius 2 is 2.10 bits per heavy atom. The zero-order chi connectivity index (χ0) is 14.5. The lowest BCUT2D eigenvalue weighted by Crippen LogP contribution is -2.14. The summed E-state index contributed by atoms with van der Waals surface area (Å²) in [6.07, 6.45) is 3.19. The van der Waals surface area contributed by atoms with Gasteiger partial charge in [-0.05, 0) is 18.1 Å². The molecule has 0 atom stereocenters. The molecule has 0 unspecified atom stereocenters. The van der Waals surface area contributed by atoms with Gasteiger partial charge in [0, 0.05) is 6.20 Å². The molecule has 0 aliphatic carbocycles. The zero-order valence-corrected chi connectivity index (χ0v) is 11.0. The van der Waals surface area contributed by atoms with Crippen LogP contribution in [0.3, 0.4) is 0 Å². The predicted octanol–water partition coefficient (Wildman–Crippen LogP) is 1.46. The van der Waals surface area contributed by atoms with Gasteiger partial charge < -0.3 is 10.4 Å². The van der Waals surface area contributed by atoms with Crippen molar-refractivity contribution in [2.45, 2.75) is 19.9 Å². The second-order valence-electron chi connectivity index (χ2n) is 4.47. The minimum Gasteiger partial charge on any atom is -0.480 e. The monoisotopic (exact) mass is 273 g/mol. The molecular formula is C14H15N3O3. The van der Waals surface area contributed by atoms with Crippen LogP contribution in [0.25, 0.3) is 0 Å². The molecule has 0 aliphatic heterocycles. The van der Waals surface area contributed by atoms with Crippen molar-refractivity contribution in [2.75, 3.05) is 5.32 Å². The van der Waals surface area contributed by atoms with E-state index in [1.54, 1.807) is 0 Å². The van der Waals surface area contributed by atoms with Crippen LogP contribution in [0.5, 0.6) is 0 Å². The first-order chi connectivity index (χ1) is 9.54. The van der Waals surface area contributed by atoms with Gasteiger partial charge in [-0.25, -0.2) is 0 Å². The third-order valence-electron chi connectivity index (χ3n) is 2.83. The summed E-state index contributed by atoms with van der Waals surface area (Å²) < 4.78 is 1.26. The second kappa shape index (κ2) is 6.01. The van der Waals surface area contributed by atoms with Crippen LogP contribution in [0.1, 0.15) is 11.1 Å². The maximum atomic E-state index is 11.9. The summed E-state index contributed by atoms with van der Waals surface area (Å²) in [6.45, 7) is 1.72. The Morgan fingerprint density at radius 1 is 1.35 bits per heavy atom. The van der Waals surface area contributed by atoms with E-state index >= 15 is 0 Å². The first kappa shape index (κ1) is 13.8. The fourth-order valence-electron chi connectivity index (χ4n) is 1.84. The molecule has 0 saturated heterocycles. The third kappa shape index (κ3) is 3.68. The number of aryl methyl sites for hydroxylation is 1. The SMILES string of the molecule is Cc1ccccc1CC(=O)Nc1cnn(CC(=O)O)c1. The summed E-state index contributed by atoms with van der Waals surface area (Å²) in [6, 6.07) is 7.67. The quantitative estimate of drug-likeness (QED) is 0.863. The van der Waals surface area contributed by atoms with Crippen LogP contribution in [0, 0.1) is 6.92 Å². The number of carbonyl (C=O) groups is 2. The number of carboxylic acids is 1. The van der Waals surface area contributed by atoms with Crippen molar-refractivity contribution >= 4 is 17.6 Å². The number of amides is 1. The molecule has 0 bridgehead atoms. The van der Waals surface area contributed by atoms with Gasteiger partial charge in [0.2, 0.25) is 5.91 Å². The summed E-state index contributed by atoms with van der Waals surface area (Å²) >= 11 is 0. The van der Waals surface area contributed by atoms with Crippen molar-refractivity contribution in [3.05, 3.63) is 47.8 Å². The van der Waals surface area contributed by atoms with Crippen LogP contribution in [0.15, 0.2) is 36.7 Å². The van der Waals surface area contributed by atoms with Crippen molar-refractivity contribution in [2.24, 2.45) is 0 Å². The highest BCUT2D eigenvalue weighted by atomic mass is 16.4. The first-order valence-corrected chi connectivity index (χ1v) is 6.13. The molecule has 0 radical (unpaired) electrons. The van der Waals surface area contributed by atoms with Crippen LogP contribution >= 0.6 is 0 Å². The topological polar surface area (TPSA) is 84.2 Å². The highest BCUT2D eigenvalue weighted by molar-refractivity contribution is 5.92. The lowest BCUT2D eigenvalue weighted by atomic mass is 10.1. The van der Waals surface area contributed by atoms with E-state index in [9.17, 15) is 9.59 Å². The smallest absolute Gasteiger partial charge is 0.325 e. The molecule has 2 N–H and O–H groups in total. The Hall–Kier alpha value is -2.63. The molecule has 1 amide bonds. The predicted molar refractivity (Wildman–Crippen MR) is 73.4 cm³/mol. The summed E-state index contributed by atoms with van der Waals surface area (Å²) in [7, 11) is 0. The van der Waals surface area contributed by atoms with Gasteiger partial charge in [0.15, 0.2) is 0 Å². The Labute approximate surface area is 116 Å². The molecule has 0 fully saturated rings. The van der Waals surface area contributed by atoms with E-state index in [-0.39, 0.29) is 18.9 Å². The van der Waals surface area contributed by atoms with Crippen LogP contribution < -0.4 is 5.32 Å². The van der Waals surface area contributed by atoms with Crippen molar-refractivity contribution in [1.82, 2.24) is 9.78 Å².